The fraction of sp³-hybridized carbons (Fsp3) is 0.417. The lowest BCUT2D eigenvalue weighted by Gasteiger charge is -2.11. The van der Waals surface area contributed by atoms with E-state index in [9.17, 15) is 15.0 Å². The molecule has 1 aromatic carbocycles. The van der Waals surface area contributed by atoms with Crippen LogP contribution in [0.5, 0.6) is 5.75 Å². The van der Waals surface area contributed by atoms with Gasteiger partial charge in [0.25, 0.3) is 5.91 Å². The molecule has 92 valence electrons. The van der Waals surface area contributed by atoms with Crippen molar-refractivity contribution in [1.82, 2.24) is 5.32 Å². The fourth-order valence-corrected chi connectivity index (χ4v) is 1.63. The van der Waals surface area contributed by atoms with Gasteiger partial charge in [-0.2, -0.15) is 0 Å². The third-order valence-electron chi connectivity index (χ3n) is 2.93. The standard InChI is InChI=1S/C12H16N2O3/c13-9-4-3-8(5-10(9)15)12(17)14-6-11(16)7-1-2-7/h3-5,7,11,15-16H,1-2,6,13H2,(H,14,17). The first-order valence-corrected chi connectivity index (χ1v) is 5.62. The summed E-state index contributed by atoms with van der Waals surface area (Å²) in [4.78, 5) is 11.7. The van der Waals surface area contributed by atoms with E-state index < -0.39 is 6.10 Å². The molecular weight excluding hydrogens is 220 g/mol. The Morgan fingerprint density at radius 3 is 2.82 bits per heavy atom. The molecule has 0 spiro atoms. The lowest BCUT2D eigenvalue weighted by atomic mass is 10.1. The summed E-state index contributed by atoms with van der Waals surface area (Å²) < 4.78 is 0. The zero-order chi connectivity index (χ0) is 12.4. The summed E-state index contributed by atoms with van der Waals surface area (Å²) in [5, 5.41) is 21.6. The number of carbonyl (C=O) groups is 1. The van der Waals surface area contributed by atoms with Crippen molar-refractivity contribution >= 4 is 11.6 Å². The van der Waals surface area contributed by atoms with Gasteiger partial charge in [0.1, 0.15) is 5.75 Å². The fourth-order valence-electron chi connectivity index (χ4n) is 1.63. The van der Waals surface area contributed by atoms with Gasteiger partial charge in [-0.05, 0) is 37.0 Å². The molecule has 1 atom stereocenters. The van der Waals surface area contributed by atoms with E-state index in [1.807, 2.05) is 0 Å². The predicted octanol–water partition coefficient (Wildman–Crippen LogP) is 0.475. The highest BCUT2D eigenvalue weighted by atomic mass is 16.3. The second-order valence-corrected chi connectivity index (χ2v) is 4.39. The van der Waals surface area contributed by atoms with Gasteiger partial charge in [-0.15, -0.1) is 0 Å². The Bertz CT molecular complexity index is 430. The highest BCUT2D eigenvalue weighted by molar-refractivity contribution is 5.95. The molecule has 0 aliphatic heterocycles. The molecule has 0 bridgehead atoms. The first-order valence-electron chi connectivity index (χ1n) is 5.62. The Morgan fingerprint density at radius 1 is 1.53 bits per heavy atom. The van der Waals surface area contributed by atoms with Crippen LogP contribution in [0.3, 0.4) is 0 Å². The topological polar surface area (TPSA) is 95.6 Å². The van der Waals surface area contributed by atoms with Crippen LogP contribution in [0.15, 0.2) is 18.2 Å². The van der Waals surface area contributed by atoms with Crippen molar-refractivity contribution in [2.75, 3.05) is 12.3 Å². The number of rotatable bonds is 4. The number of hydrogen-bond donors (Lipinski definition) is 4. The third kappa shape index (κ3) is 2.88. The van der Waals surface area contributed by atoms with Gasteiger partial charge in [-0.25, -0.2) is 0 Å². The van der Waals surface area contributed by atoms with Crippen molar-refractivity contribution in [3.05, 3.63) is 23.8 Å². The van der Waals surface area contributed by atoms with Crippen LogP contribution >= 0.6 is 0 Å². The van der Waals surface area contributed by atoms with Crippen LogP contribution in [-0.4, -0.2) is 28.8 Å². The summed E-state index contributed by atoms with van der Waals surface area (Å²) in [5.74, 6) is -0.101. The maximum absolute atomic E-state index is 11.7. The molecule has 0 radical (unpaired) electrons. The quantitative estimate of drug-likeness (QED) is 0.451. The highest BCUT2D eigenvalue weighted by Gasteiger charge is 2.29. The van der Waals surface area contributed by atoms with E-state index in [4.69, 9.17) is 5.73 Å². The molecule has 1 fully saturated rings. The lowest BCUT2D eigenvalue weighted by Crippen LogP contribution is -2.33. The SMILES string of the molecule is Nc1ccc(C(=O)NCC(O)C2CC2)cc1O. The molecular formula is C12H16N2O3. The predicted molar refractivity (Wildman–Crippen MR) is 63.6 cm³/mol. The van der Waals surface area contributed by atoms with Gasteiger partial charge in [0.05, 0.1) is 11.8 Å². The Labute approximate surface area is 99.3 Å². The van der Waals surface area contributed by atoms with E-state index in [1.54, 1.807) is 0 Å². The number of anilines is 1. The van der Waals surface area contributed by atoms with Crippen molar-refractivity contribution < 1.29 is 15.0 Å². The minimum absolute atomic E-state index is 0.111. The molecule has 1 amide bonds. The summed E-state index contributed by atoms with van der Waals surface area (Å²) in [6.45, 7) is 0.245. The Balaban J connectivity index is 1.92. The number of hydrogen-bond acceptors (Lipinski definition) is 4. The van der Waals surface area contributed by atoms with Crippen LogP contribution in [0, 0.1) is 5.92 Å². The van der Waals surface area contributed by atoms with E-state index in [-0.39, 0.29) is 23.9 Å². The monoisotopic (exact) mass is 236 g/mol. The van der Waals surface area contributed by atoms with Crippen LogP contribution in [-0.2, 0) is 0 Å². The minimum atomic E-state index is -0.471. The van der Waals surface area contributed by atoms with E-state index in [0.717, 1.165) is 12.8 Å². The molecule has 1 saturated carbocycles. The summed E-state index contributed by atoms with van der Waals surface area (Å²) in [6, 6.07) is 4.32. The Hall–Kier alpha value is -1.75. The van der Waals surface area contributed by atoms with Gasteiger partial charge < -0.3 is 21.3 Å². The number of nitrogens with two attached hydrogens (primary N) is 1. The molecule has 1 aromatic rings. The number of aliphatic hydroxyl groups is 1. The van der Waals surface area contributed by atoms with Gasteiger partial charge in [-0.3, -0.25) is 4.79 Å². The molecule has 5 N–H and O–H groups in total. The number of phenols is 1. The minimum Gasteiger partial charge on any atom is -0.506 e. The number of benzene rings is 1. The van der Waals surface area contributed by atoms with E-state index in [2.05, 4.69) is 5.32 Å². The lowest BCUT2D eigenvalue weighted by molar-refractivity contribution is 0.0901. The number of phenolic OH excluding ortho intramolecular Hbond substituents is 1. The Morgan fingerprint density at radius 2 is 2.24 bits per heavy atom. The molecule has 1 aliphatic rings. The normalized spacial score (nSPS) is 16.5. The molecule has 5 heteroatoms. The molecule has 1 aliphatic carbocycles. The zero-order valence-electron chi connectivity index (χ0n) is 9.39. The maximum Gasteiger partial charge on any atom is 0.251 e. The number of aliphatic hydroxyl groups excluding tert-OH is 1. The average Bonchev–Trinajstić information content (AvgIpc) is 3.13. The van der Waals surface area contributed by atoms with E-state index >= 15 is 0 Å². The third-order valence-corrected chi connectivity index (χ3v) is 2.93. The number of nitrogen functional groups attached to an aromatic ring is 1. The van der Waals surface area contributed by atoms with Crippen LogP contribution in [0.25, 0.3) is 0 Å². The molecule has 5 nitrogen and oxygen atoms in total. The van der Waals surface area contributed by atoms with Crippen molar-refractivity contribution in [3.63, 3.8) is 0 Å². The van der Waals surface area contributed by atoms with Crippen LogP contribution in [0.1, 0.15) is 23.2 Å². The second kappa shape index (κ2) is 4.63. The number of aromatic hydroxyl groups is 1. The molecule has 2 rings (SSSR count). The first-order chi connectivity index (χ1) is 8.08. The molecule has 0 heterocycles. The summed E-state index contributed by atoms with van der Waals surface area (Å²) in [5.41, 5.74) is 6.01. The van der Waals surface area contributed by atoms with Gasteiger partial charge in [0.2, 0.25) is 0 Å². The smallest absolute Gasteiger partial charge is 0.251 e. The largest absolute Gasteiger partial charge is 0.506 e. The van der Waals surface area contributed by atoms with Gasteiger partial charge in [0, 0.05) is 12.1 Å². The number of amides is 1. The first kappa shape index (κ1) is 11.7. The summed E-state index contributed by atoms with van der Waals surface area (Å²) in [7, 11) is 0. The molecule has 0 aromatic heterocycles. The second-order valence-electron chi connectivity index (χ2n) is 4.39. The highest BCUT2D eigenvalue weighted by Crippen LogP contribution is 2.32. The van der Waals surface area contributed by atoms with Gasteiger partial charge >= 0.3 is 0 Å². The van der Waals surface area contributed by atoms with Crippen LogP contribution in [0.4, 0.5) is 5.69 Å². The summed E-state index contributed by atoms with van der Waals surface area (Å²) in [6.07, 6.45) is 1.58. The van der Waals surface area contributed by atoms with Crippen molar-refractivity contribution in [3.8, 4) is 5.75 Å². The zero-order valence-corrected chi connectivity index (χ0v) is 9.39. The van der Waals surface area contributed by atoms with Crippen molar-refractivity contribution in [2.24, 2.45) is 5.92 Å². The number of carbonyl (C=O) groups excluding carboxylic acids is 1. The number of nitrogens with one attached hydrogen (secondary N) is 1. The van der Waals surface area contributed by atoms with Gasteiger partial charge in [0.15, 0.2) is 0 Å². The average molecular weight is 236 g/mol. The summed E-state index contributed by atoms with van der Waals surface area (Å²) >= 11 is 0. The van der Waals surface area contributed by atoms with Crippen molar-refractivity contribution in [1.29, 1.82) is 0 Å². The molecule has 17 heavy (non-hydrogen) atoms. The Kier molecular flexibility index (Phi) is 3.19. The van der Waals surface area contributed by atoms with E-state index in [1.165, 1.54) is 18.2 Å². The maximum atomic E-state index is 11.7. The molecule has 0 saturated heterocycles. The molecule has 1 unspecified atom stereocenters. The van der Waals surface area contributed by atoms with Crippen LogP contribution < -0.4 is 11.1 Å². The van der Waals surface area contributed by atoms with Gasteiger partial charge in [-0.1, -0.05) is 0 Å². The van der Waals surface area contributed by atoms with Crippen LogP contribution in [0.2, 0.25) is 0 Å². The van der Waals surface area contributed by atoms with Crippen molar-refractivity contribution in [2.45, 2.75) is 18.9 Å². The van der Waals surface area contributed by atoms with E-state index in [0.29, 0.717) is 11.5 Å².